The highest BCUT2D eigenvalue weighted by Gasteiger charge is 2.67. The van der Waals surface area contributed by atoms with Gasteiger partial charge in [-0.15, -0.1) is 0 Å². The number of nitrogens with zero attached hydrogens (tertiary/aromatic N) is 3. The molecule has 0 bridgehead atoms. The van der Waals surface area contributed by atoms with Crippen molar-refractivity contribution in [3.05, 3.63) is 35.3 Å². The van der Waals surface area contributed by atoms with Gasteiger partial charge >= 0.3 is 6.18 Å². The van der Waals surface area contributed by atoms with Crippen LogP contribution in [0.25, 0.3) is 0 Å². The monoisotopic (exact) mass is 503 g/mol. The topological polar surface area (TPSA) is 101 Å². The number of hydrogen-bond donors (Lipinski definition) is 2. The van der Waals surface area contributed by atoms with E-state index >= 15 is 0 Å². The smallest absolute Gasteiger partial charge is 0.320 e. The number of aromatic nitrogens is 3. The molecule has 7 nitrogen and oxygen atoms in total. The third kappa shape index (κ3) is 4.18. The molecule has 0 radical (unpaired) electrons. The Morgan fingerprint density at radius 1 is 1.32 bits per heavy atom. The lowest BCUT2D eigenvalue weighted by Gasteiger charge is -2.18. The van der Waals surface area contributed by atoms with E-state index in [0.717, 1.165) is 17.0 Å². The van der Waals surface area contributed by atoms with Crippen molar-refractivity contribution in [2.45, 2.75) is 61.7 Å². The van der Waals surface area contributed by atoms with Crippen molar-refractivity contribution in [2.24, 2.45) is 11.3 Å². The summed E-state index contributed by atoms with van der Waals surface area (Å²) in [6, 6.07) is 2.46. The standard InChI is InChI=1S/C21H22F5N5O2S/c1-34(27,33)14-6-13(4-5-28-14)29-18(32)17-15(21(24,25)26)16(11-2-3-11)30-31(17)10-19-7-12(19)8-20(22,23)9-19/h4-6,11-12,27H,2-3,7-10H2,1H3,(H,28,29,32)/t12?,19-,34-/m0/s1. The minimum Gasteiger partial charge on any atom is -0.320 e. The number of carbonyl (C=O) groups excluding carboxylic acids is 1. The van der Waals surface area contributed by atoms with Crippen LogP contribution in [0.4, 0.5) is 27.6 Å². The van der Waals surface area contributed by atoms with Crippen LogP contribution in [0.3, 0.4) is 0 Å². The van der Waals surface area contributed by atoms with Gasteiger partial charge in [0.05, 0.1) is 15.4 Å². The first-order valence-corrected chi connectivity index (χ1v) is 12.7. The predicted molar refractivity (Wildman–Crippen MR) is 111 cm³/mol. The van der Waals surface area contributed by atoms with Gasteiger partial charge in [0, 0.05) is 43.4 Å². The summed E-state index contributed by atoms with van der Waals surface area (Å²) in [6.45, 7) is -0.192. The van der Waals surface area contributed by atoms with Gasteiger partial charge in [-0.05, 0) is 42.7 Å². The van der Waals surface area contributed by atoms with Gasteiger partial charge in [0.15, 0.2) is 0 Å². The van der Waals surface area contributed by atoms with Gasteiger partial charge in [0.2, 0.25) is 5.92 Å². The van der Waals surface area contributed by atoms with Crippen LogP contribution >= 0.6 is 0 Å². The lowest BCUT2D eigenvalue weighted by molar-refractivity contribution is -0.138. The summed E-state index contributed by atoms with van der Waals surface area (Å²) < 4.78 is 90.9. The number of nitrogens with one attached hydrogen (secondary N) is 2. The molecule has 184 valence electrons. The number of rotatable bonds is 6. The molecule has 0 saturated heterocycles. The highest BCUT2D eigenvalue weighted by atomic mass is 32.2. The summed E-state index contributed by atoms with van der Waals surface area (Å²) >= 11 is 0. The molecule has 2 heterocycles. The van der Waals surface area contributed by atoms with Crippen molar-refractivity contribution in [2.75, 3.05) is 11.6 Å². The zero-order chi connectivity index (χ0) is 24.7. The van der Waals surface area contributed by atoms with E-state index in [1.54, 1.807) is 0 Å². The van der Waals surface area contributed by atoms with Gasteiger partial charge in [-0.2, -0.15) is 18.3 Å². The molecule has 1 amide bonds. The number of anilines is 1. The van der Waals surface area contributed by atoms with E-state index in [1.807, 2.05) is 0 Å². The third-order valence-electron chi connectivity index (χ3n) is 6.81. The lowest BCUT2D eigenvalue weighted by Crippen LogP contribution is -2.25. The molecule has 0 spiro atoms. The molecule has 0 aliphatic heterocycles. The Balaban J connectivity index is 1.54. The van der Waals surface area contributed by atoms with Crippen LogP contribution < -0.4 is 5.32 Å². The summed E-state index contributed by atoms with van der Waals surface area (Å²) in [4.78, 5) is 17.0. The molecule has 34 heavy (non-hydrogen) atoms. The largest absolute Gasteiger partial charge is 0.420 e. The van der Waals surface area contributed by atoms with Gasteiger partial charge in [-0.1, -0.05) is 0 Å². The molecule has 2 aromatic rings. The Bertz CT molecular complexity index is 1280. The van der Waals surface area contributed by atoms with E-state index in [4.69, 9.17) is 4.78 Å². The minimum absolute atomic E-state index is 0.0144. The predicted octanol–water partition coefficient (Wildman–Crippen LogP) is 4.90. The van der Waals surface area contributed by atoms with Crippen molar-refractivity contribution in [1.82, 2.24) is 14.8 Å². The zero-order valence-electron chi connectivity index (χ0n) is 18.1. The Hall–Kier alpha value is -2.57. The molecule has 5 rings (SSSR count). The van der Waals surface area contributed by atoms with Gasteiger partial charge in [0.25, 0.3) is 5.91 Å². The Labute approximate surface area is 192 Å². The maximum atomic E-state index is 14.1. The van der Waals surface area contributed by atoms with Gasteiger partial charge in [-0.3, -0.25) is 9.48 Å². The first-order chi connectivity index (χ1) is 15.7. The van der Waals surface area contributed by atoms with Crippen molar-refractivity contribution in [3.8, 4) is 0 Å². The molecular formula is C21H22F5N5O2S. The second-order valence-corrected chi connectivity index (χ2v) is 11.8. The zero-order valence-corrected chi connectivity index (χ0v) is 18.9. The number of halogens is 5. The summed E-state index contributed by atoms with van der Waals surface area (Å²) in [7, 11) is -3.22. The van der Waals surface area contributed by atoms with Gasteiger partial charge < -0.3 is 5.32 Å². The van der Waals surface area contributed by atoms with Gasteiger partial charge in [0.1, 0.15) is 16.3 Å². The molecular weight excluding hydrogens is 481 g/mol. The summed E-state index contributed by atoms with van der Waals surface area (Å²) in [6.07, 6.45) is -1.81. The van der Waals surface area contributed by atoms with E-state index in [-0.39, 0.29) is 35.3 Å². The van der Waals surface area contributed by atoms with E-state index in [0.29, 0.717) is 19.3 Å². The fourth-order valence-corrected chi connectivity index (χ4v) is 5.68. The first kappa shape index (κ1) is 23.2. The molecule has 3 aliphatic rings. The third-order valence-corrected chi connectivity index (χ3v) is 7.83. The maximum Gasteiger partial charge on any atom is 0.420 e. The molecule has 3 atom stereocenters. The molecule has 1 unspecified atom stereocenters. The van der Waals surface area contributed by atoms with Crippen LogP contribution in [0.1, 0.15) is 59.8 Å². The highest BCUT2D eigenvalue weighted by Crippen LogP contribution is 2.68. The molecule has 2 aromatic heterocycles. The minimum atomic E-state index is -4.87. The quantitative estimate of drug-likeness (QED) is 0.548. The van der Waals surface area contributed by atoms with Crippen LogP contribution in [0.2, 0.25) is 0 Å². The molecule has 2 N–H and O–H groups in total. The van der Waals surface area contributed by atoms with Crippen molar-refractivity contribution in [3.63, 3.8) is 0 Å². The molecule has 3 fully saturated rings. The fourth-order valence-electron chi connectivity index (χ4n) is 5.07. The van der Waals surface area contributed by atoms with Crippen LogP contribution in [-0.2, 0) is 22.5 Å². The van der Waals surface area contributed by atoms with E-state index in [2.05, 4.69) is 15.4 Å². The van der Waals surface area contributed by atoms with Crippen molar-refractivity contribution >= 4 is 21.3 Å². The molecule has 0 aromatic carbocycles. The average Bonchev–Trinajstić information content (AvgIpc) is 3.57. The van der Waals surface area contributed by atoms with E-state index in [9.17, 15) is 31.0 Å². The first-order valence-electron chi connectivity index (χ1n) is 10.8. The van der Waals surface area contributed by atoms with Gasteiger partial charge in [-0.25, -0.2) is 22.8 Å². The summed E-state index contributed by atoms with van der Waals surface area (Å²) in [5.41, 5.74) is -2.93. The second kappa shape index (κ2) is 7.22. The second-order valence-electron chi connectivity index (χ2n) is 9.72. The SMILES string of the molecule is C[S@](=N)(=O)c1cc(NC(=O)c2c(C(F)(F)F)c(C3CC3)nn2C[C@@]23CC2CC(F)(F)C3)ccn1. The number of carbonyl (C=O) groups is 1. The average molecular weight is 503 g/mol. The van der Waals surface area contributed by atoms with Crippen LogP contribution in [0.5, 0.6) is 0 Å². The lowest BCUT2D eigenvalue weighted by atomic mass is 10.0. The van der Waals surface area contributed by atoms with E-state index in [1.165, 1.54) is 12.3 Å². The van der Waals surface area contributed by atoms with Crippen LogP contribution in [0, 0.1) is 16.1 Å². The van der Waals surface area contributed by atoms with Crippen molar-refractivity contribution < 1.29 is 31.0 Å². The Morgan fingerprint density at radius 3 is 2.59 bits per heavy atom. The summed E-state index contributed by atoms with van der Waals surface area (Å²) in [5, 5.41) is 6.37. The molecule has 3 saturated carbocycles. The Kier molecular flexibility index (Phi) is 4.92. The highest BCUT2D eigenvalue weighted by molar-refractivity contribution is 7.91. The van der Waals surface area contributed by atoms with Crippen molar-refractivity contribution in [1.29, 1.82) is 4.78 Å². The number of fused-ring (bicyclic) bond motifs is 1. The number of amides is 1. The molecule has 13 heteroatoms. The summed E-state index contributed by atoms with van der Waals surface area (Å²) in [5.74, 6) is -4.71. The fraction of sp³-hybridized carbons (Fsp3) is 0.571. The number of pyridine rings is 1. The number of alkyl halides is 5. The Morgan fingerprint density at radius 2 is 2.03 bits per heavy atom. The normalized spacial score (nSPS) is 27.2. The molecule has 3 aliphatic carbocycles. The van der Waals surface area contributed by atoms with Crippen LogP contribution in [-0.4, -0.2) is 37.1 Å². The van der Waals surface area contributed by atoms with E-state index < -0.39 is 56.7 Å². The van der Waals surface area contributed by atoms with Crippen LogP contribution in [0.15, 0.2) is 23.4 Å². The number of hydrogen-bond acceptors (Lipinski definition) is 5. The maximum absolute atomic E-state index is 14.1.